The Labute approximate surface area is 90.2 Å². The number of hydrogen-bond acceptors (Lipinski definition) is 3. The Morgan fingerprint density at radius 3 is 2.50 bits per heavy atom. The summed E-state index contributed by atoms with van der Waals surface area (Å²) in [6.07, 6.45) is 2.38. The SMILES string of the molecule is CCCC[C@@](N)(C(=O)O)C1COC1.Cl. The van der Waals surface area contributed by atoms with Gasteiger partial charge in [0.1, 0.15) is 5.54 Å². The molecule has 3 N–H and O–H groups in total. The van der Waals surface area contributed by atoms with E-state index in [-0.39, 0.29) is 18.3 Å². The maximum atomic E-state index is 11.0. The normalized spacial score (nSPS) is 20.4. The minimum atomic E-state index is -1.06. The van der Waals surface area contributed by atoms with Crippen LogP contribution in [0.3, 0.4) is 0 Å². The highest BCUT2D eigenvalue weighted by molar-refractivity contribution is 5.85. The van der Waals surface area contributed by atoms with Crippen LogP contribution in [0.1, 0.15) is 26.2 Å². The van der Waals surface area contributed by atoms with Crippen LogP contribution >= 0.6 is 12.4 Å². The van der Waals surface area contributed by atoms with Gasteiger partial charge in [-0.2, -0.15) is 0 Å². The second-order valence-electron chi connectivity index (χ2n) is 3.68. The summed E-state index contributed by atoms with van der Waals surface area (Å²) in [5, 5.41) is 9.01. The number of carboxylic acids is 1. The third-order valence-corrected chi connectivity index (χ3v) is 2.71. The predicted molar refractivity (Wildman–Crippen MR) is 55.6 cm³/mol. The summed E-state index contributed by atoms with van der Waals surface area (Å²) in [5.41, 5.74) is 4.79. The van der Waals surface area contributed by atoms with Crippen LogP contribution in [-0.4, -0.2) is 29.8 Å². The van der Waals surface area contributed by atoms with E-state index in [1.165, 1.54) is 0 Å². The minimum absolute atomic E-state index is 0. The molecule has 1 fully saturated rings. The number of carbonyl (C=O) groups is 1. The Morgan fingerprint density at radius 1 is 1.64 bits per heavy atom. The van der Waals surface area contributed by atoms with Gasteiger partial charge < -0.3 is 15.6 Å². The molecule has 0 aromatic rings. The Kier molecular flexibility index (Phi) is 5.41. The van der Waals surface area contributed by atoms with Gasteiger partial charge in [-0.1, -0.05) is 19.8 Å². The maximum absolute atomic E-state index is 11.0. The van der Waals surface area contributed by atoms with Crippen LogP contribution in [-0.2, 0) is 9.53 Å². The molecule has 1 atom stereocenters. The molecule has 0 unspecified atom stereocenters. The number of nitrogens with two attached hydrogens (primary N) is 1. The van der Waals surface area contributed by atoms with Crippen LogP contribution in [0, 0.1) is 5.92 Å². The van der Waals surface area contributed by atoms with Crippen LogP contribution in [0.2, 0.25) is 0 Å². The first-order chi connectivity index (χ1) is 6.11. The highest BCUT2D eigenvalue weighted by Crippen LogP contribution is 2.27. The molecule has 4 nitrogen and oxygen atoms in total. The summed E-state index contributed by atoms with van der Waals surface area (Å²) in [6.45, 7) is 3.01. The first-order valence-corrected chi connectivity index (χ1v) is 4.71. The molecular weight excluding hydrogens is 206 g/mol. The summed E-state index contributed by atoms with van der Waals surface area (Å²) in [7, 11) is 0. The Morgan fingerprint density at radius 2 is 2.21 bits per heavy atom. The van der Waals surface area contributed by atoms with Crippen molar-refractivity contribution in [2.45, 2.75) is 31.7 Å². The molecule has 1 saturated heterocycles. The Bertz CT molecular complexity index is 196. The van der Waals surface area contributed by atoms with Gasteiger partial charge in [0.15, 0.2) is 0 Å². The van der Waals surface area contributed by atoms with Crippen LogP contribution in [0.15, 0.2) is 0 Å². The predicted octanol–water partition coefficient (Wildman–Crippen LogP) is 1.03. The van der Waals surface area contributed by atoms with Crippen LogP contribution in [0.4, 0.5) is 0 Å². The molecule has 1 aliphatic rings. The van der Waals surface area contributed by atoms with Crippen LogP contribution < -0.4 is 5.73 Å². The van der Waals surface area contributed by atoms with Gasteiger partial charge in [-0.15, -0.1) is 12.4 Å². The second kappa shape index (κ2) is 5.53. The minimum Gasteiger partial charge on any atom is -0.480 e. The first kappa shape index (κ1) is 13.7. The maximum Gasteiger partial charge on any atom is 0.324 e. The van der Waals surface area contributed by atoms with Gasteiger partial charge in [-0.3, -0.25) is 4.79 Å². The van der Waals surface area contributed by atoms with Crippen molar-refractivity contribution in [2.24, 2.45) is 11.7 Å². The lowest BCUT2D eigenvalue weighted by atomic mass is 9.79. The van der Waals surface area contributed by atoms with E-state index in [2.05, 4.69) is 0 Å². The molecular formula is C9H18ClNO3. The van der Waals surface area contributed by atoms with E-state index < -0.39 is 11.5 Å². The monoisotopic (exact) mass is 223 g/mol. The summed E-state index contributed by atoms with van der Waals surface area (Å²) in [5.74, 6) is -0.897. The summed E-state index contributed by atoms with van der Waals surface area (Å²) in [4.78, 5) is 11.0. The zero-order valence-corrected chi connectivity index (χ0v) is 9.18. The number of hydrogen-bond donors (Lipinski definition) is 2. The fraction of sp³-hybridized carbons (Fsp3) is 0.889. The van der Waals surface area contributed by atoms with Crippen molar-refractivity contribution >= 4 is 18.4 Å². The van der Waals surface area contributed by atoms with Crippen molar-refractivity contribution in [3.05, 3.63) is 0 Å². The molecule has 0 aromatic carbocycles. The van der Waals surface area contributed by atoms with Gasteiger partial charge in [-0.25, -0.2) is 0 Å². The Balaban J connectivity index is 0.00000169. The zero-order valence-electron chi connectivity index (χ0n) is 8.36. The molecule has 84 valence electrons. The van der Waals surface area contributed by atoms with Crippen molar-refractivity contribution in [1.82, 2.24) is 0 Å². The standard InChI is InChI=1S/C9H17NO3.ClH/c1-2-3-4-9(10,8(11)12)7-5-13-6-7;/h7H,2-6,10H2,1H3,(H,11,12);1H/t9-;/m0./s1. The molecule has 5 heteroatoms. The first-order valence-electron chi connectivity index (χ1n) is 4.71. The van der Waals surface area contributed by atoms with Crippen molar-refractivity contribution in [3.63, 3.8) is 0 Å². The quantitative estimate of drug-likeness (QED) is 0.730. The zero-order chi connectivity index (χ0) is 9.90. The van der Waals surface area contributed by atoms with Gasteiger partial charge in [-0.05, 0) is 6.42 Å². The van der Waals surface area contributed by atoms with Gasteiger partial charge in [0.25, 0.3) is 0 Å². The molecule has 1 rings (SSSR count). The Hall–Kier alpha value is -0.320. The smallest absolute Gasteiger partial charge is 0.324 e. The summed E-state index contributed by atoms with van der Waals surface area (Å²) >= 11 is 0. The number of rotatable bonds is 5. The lowest BCUT2D eigenvalue weighted by Crippen LogP contribution is -2.60. The van der Waals surface area contributed by atoms with E-state index in [9.17, 15) is 4.79 Å². The number of unbranched alkanes of at least 4 members (excludes halogenated alkanes) is 1. The van der Waals surface area contributed by atoms with Gasteiger partial charge >= 0.3 is 5.97 Å². The third-order valence-electron chi connectivity index (χ3n) is 2.71. The third kappa shape index (κ3) is 2.59. The lowest BCUT2D eigenvalue weighted by Gasteiger charge is -2.39. The second-order valence-corrected chi connectivity index (χ2v) is 3.68. The van der Waals surface area contributed by atoms with Gasteiger partial charge in [0, 0.05) is 5.92 Å². The van der Waals surface area contributed by atoms with Gasteiger partial charge in [0.2, 0.25) is 0 Å². The molecule has 0 saturated carbocycles. The van der Waals surface area contributed by atoms with Crippen LogP contribution in [0.25, 0.3) is 0 Å². The van der Waals surface area contributed by atoms with Crippen molar-refractivity contribution in [3.8, 4) is 0 Å². The highest BCUT2D eigenvalue weighted by Gasteiger charge is 2.45. The topological polar surface area (TPSA) is 72.6 Å². The summed E-state index contributed by atoms with van der Waals surface area (Å²) < 4.78 is 4.97. The van der Waals surface area contributed by atoms with E-state index in [1.807, 2.05) is 6.92 Å². The lowest BCUT2D eigenvalue weighted by molar-refractivity contribution is -0.156. The molecule has 1 aliphatic heterocycles. The molecule has 14 heavy (non-hydrogen) atoms. The number of carboxylic acid groups (broad SMARTS) is 1. The van der Waals surface area contributed by atoms with Crippen molar-refractivity contribution in [1.29, 1.82) is 0 Å². The highest BCUT2D eigenvalue weighted by atomic mass is 35.5. The van der Waals surface area contributed by atoms with Crippen LogP contribution in [0.5, 0.6) is 0 Å². The average Bonchev–Trinajstić information content (AvgIpc) is 1.97. The van der Waals surface area contributed by atoms with Gasteiger partial charge in [0.05, 0.1) is 13.2 Å². The fourth-order valence-corrected chi connectivity index (χ4v) is 1.49. The molecule has 0 amide bonds. The van der Waals surface area contributed by atoms with E-state index >= 15 is 0 Å². The van der Waals surface area contributed by atoms with Crippen molar-refractivity contribution in [2.75, 3.05) is 13.2 Å². The summed E-state index contributed by atoms with van der Waals surface area (Å²) in [6, 6.07) is 0. The molecule has 0 bridgehead atoms. The number of aliphatic carboxylic acids is 1. The molecule has 0 spiro atoms. The van der Waals surface area contributed by atoms with E-state index in [1.54, 1.807) is 0 Å². The van der Waals surface area contributed by atoms with E-state index in [0.717, 1.165) is 12.8 Å². The van der Waals surface area contributed by atoms with E-state index in [0.29, 0.717) is 19.6 Å². The fourth-order valence-electron chi connectivity index (χ4n) is 1.49. The molecule has 0 aliphatic carbocycles. The number of halogens is 1. The number of ether oxygens (including phenoxy) is 1. The average molecular weight is 224 g/mol. The molecule has 0 radical (unpaired) electrons. The van der Waals surface area contributed by atoms with Crippen molar-refractivity contribution < 1.29 is 14.6 Å². The molecule has 0 aromatic heterocycles. The van der Waals surface area contributed by atoms with E-state index in [4.69, 9.17) is 15.6 Å². The molecule has 1 heterocycles. The largest absolute Gasteiger partial charge is 0.480 e.